The summed E-state index contributed by atoms with van der Waals surface area (Å²) >= 11 is 1.64. The number of benzene rings is 1. The summed E-state index contributed by atoms with van der Waals surface area (Å²) in [7, 11) is 0. The summed E-state index contributed by atoms with van der Waals surface area (Å²) in [6.45, 7) is 3.81. The highest BCUT2D eigenvalue weighted by molar-refractivity contribution is 7.13. The van der Waals surface area contributed by atoms with Crippen molar-refractivity contribution in [3.05, 3.63) is 66.2 Å². The van der Waals surface area contributed by atoms with Crippen LogP contribution >= 0.6 is 11.3 Å². The lowest BCUT2D eigenvalue weighted by molar-refractivity contribution is 0.153. The Kier molecular flexibility index (Phi) is 5.46. The minimum absolute atomic E-state index is 0.00821. The number of thiophene rings is 1. The van der Waals surface area contributed by atoms with E-state index >= 15 is 4.39 Å². The molecular formula is C26H22FN7OS. The van der Waals surface area contributed by atoms with Crippen LogP contribution in [0, 0.1) is 11.7 Å². The van der Waals surface area contributed by atoms with E-state index in [0.717, 1.165) is 16.0 Å². The fourth-order valence-corrected chi connectivity index (χ4v) is 4.86. The first-order valence-corrected chi connectivity index (χ1v) is 12.3. The summed E-state index contributed by atoms with van der Waals surface area (Å²) in [5.41, 5.74) is 5.09. The van der Waals surface area contributed by atoms with Gasteiger partial charge in [-0.2, -0.15) is 5.10 Å². The first kappa shape index (κ1) is 22.3. The lowest BCUT2D eigenvalue weighted by Crippen LogP contribution is -2.24. The number of aliphatic hydroxyl groups is 1. The second-order valence-corrected chi connectivity index (χ2v) is 9.81. The van der Waals surface area contributed by atoms with E-state index in [4.69, 9.17) is 0 Å². The van der Waals surface area contributed by atoms with Gasteiger partial charge < -0.3 is 15.4 Å². The maximum Gasteiger partial charge on any atom is 0.178 e. The smallest absolute Gasteiger partial charge is 0.178 e. The summed E-state index contributed by atoms with van der Waals surface area (Å²) < 4.78 is 15.1. The fourth-order valence-electron chi connectivity index (χ4n) is 4.10. The van der Waals surface area contributed by atoms with Gasteiger partial charge in [-0.05, 0) is 35.6 Å². The van der Waals surface area contributed by atoms with Gasteiger partial charge in [-0.1, -0.05) is 19.9 Å². The Morgan fingerprint density at radius 1 is 1.11 bits per heavy atom. The van der Waals surface area contributed by atoms with E-state index in [2.05, 4.69) is 41.5 Å². The number of imidazole rings is 1. The van der Waals surface area contributed by atoms with E-state index in [9.17, 15) is 5.11 Å². The van der Waals surface area contributed by atoms with E-state index in [0.29, 0.717) is 44.9 Å². The third-order valence-electron chi connectivity index (χ3n) is 6.05. The molecule has 5 aromatic heterocycles. The van der Waals surface area contributed by atoms with Crippen molar-refractivity contribution in [1.29, 1.82) is 0 Å². The number of nitrogens with one attached hydrogen (secondary N) is 3. The molecule has 0 radical (unpaired) electrons. The highest BCUT2D eigenvalue weighted by Gasteiger charge is 2.19. The molecule has 1 aromatic carbocycles. The molecule has 0 aliphatic heterocycles. The number of aliphatic hydroxyl groups excluding tert-OH is 1. The van der Waals surface area contributed by atoms with Gasteiger partial charge in [-0.15, -0.1) is 11.3 Å². The number of H-pyrrole nitrogens is 2. The standard InChI is InChI=1S/C26H22FN7OS/c1-13(2)26(35)30-15-8-14(11-28-12-15)17-9-18-20(10-19(17)27)33-34-23(18)25-31-22-16(21-4-3-7-36-21)5-6-29-24(22)32-25/h3-13,26,30,35H,1-2H3,(H,33,34)(H,29,31,32). The van der Waals surface area contributed by atoms with E-state index in [1.807, 2.05) is 31.4 Å². The molecule has 5 heterocycles. The molecule has 1 atom stereocenters. The van der Waals surface area contributed by atoms with E-state index < -0.39 is 12.0 Å². The Hall–Kier alpha value is -4.15. The van der Waals surface area contributed by atoms with Crippen LogP contribution in [0.15, 0.2) is 60.4 Å². The highest BCUT2D eigenvalue weighted by atomic mass is 32.1. The van der Waals surface area contributed by atoms with Gasteiger partial charge in [0.25, 0.3) is 0 Å². The van der Waals surface area contributed by atoms with Crippen LogP contribution in [0.1, 0.15) is 13.8 Å². The Bertz CT molecular complexity index is 1690. The van der Waals surface area contributed by atoms with Crippen molar-refractivity contribution in [1.82, 2.24) is 30.1 Å². The van der Waals surface area contributed by atoms with Crippen LogP contribution in [0.25, 0.3) is 55.2 Å². The molecule has 1 unspecified atom stereocenters. The minimum Gasteiger partial charge on any atom is -0.374 e. The number of halogens is 1. The van der Waals surface area contributed by atoms with E-state index in [1.54, 1.807) is 42.1 Å². The van der Waals surface area contributed by atoms with Gasteiger partial charge in [0.15, 0.2) is 11.5 Å². The quantitative estimate of drug-likeness (QED) is 0.215. The second-order valence-electron chi connectivity index (χ2n) is 8.87. The Balaban J connectivity index is 1.44. The number of rotatable bonds is 6. The topological polar surface area (TPSA) is 115 Å². The summed E-state index contributed by atoms with van der Waals surface area (Å²) in [5, 5.41) is 23.3. The van der Waals surface area contributed by atoms with Crippen molar-refractivity contribution in [2.24, 2.45) is 5.92 Å². The molecule has 0 aliphatic carbocycles. The summed E-state index contributed by atoms with van der Waals surface area (Å²) in [5.74, 6) is 0.139. The lowest BCUT2D eigenvalue weighted by atomic mass is 10.0. The largest absolute Gasteiger partial charge is 0.374 e. The van der Waals surface area contributed by atoms with E-state index in [1.165, 1.54) is 6.07 Å². The summed E-state index contributed by atoms with van der Waals surface area (Å²) in [6.07, 6.45) is 4.19. The van der Waals surface area contributed by atoms with Crippen LogP contribution in [0.2, 0.25) is 0 Å². The first-order chi connectivity index (χ1) is 17.5. The molecule has 0 saturated heterocycles. The molecule has 180 valence electrons. The normalized spacial score (nSPS) is 12.6. The number of hydrogen-bond donors (Lipinski definition) is 4. The number of fused-ring (bicyclic) bond motifs is 2. The molecule has 10 heteroatoms. The molecule has 6 rings (SSSR count). The number of anilines is 1. The van der Waals surface area contributed by atoms with Crippen molar-refractivity contribution in [2.45, 2.75) is 20.1 Å². The molecule has 0 bridgehead atoms. The average Bonchev–Trinajstić information content (AvgIpc) is 3.62. The molecule has 0 fully saturated rings. The molecular weight excluding hydrogens is 477 g/mol. The van der Waals surface area contributed by atoms with Gasteiger partial charge in [0, 0.05) is 45.4 Å². The zero-order chi connectivity index (χ0) is 24.8. The van der Waals surface area contributed by atoms with Crippen molar-refractivity contribution in [3.8, 4) is 33.1 Å². The number of aromatic amines is 2. The van der Waals surface area contributed by atoms with Crippen molar-refractivity contribution in [2.75, 3.05) is 5.32 Å². The van der Waals surface area contributed by atoms with Gasteiger partial charge in [-0.25, -0.2) is 14.4 Å². The van der Waals surface area contributed by atoms with Crippen molar-refractivity contribution < 1.29 is 9.50 Å². The first-order valence-electron chi connectivity index (χ1n) is 11.4. The highest BCUT2D eigenvalue weighted by Crippen LogP contribution is 2.35. The number of pyridine rings is 2. The number of hydrogen-bond acceptors (Lipinski definition) is 7. The second kappa shape index (κ2) is 8.81. The maximum absolute atomic E-state index is 15.1. The summed E-state index contributed by atoms with van der Waals surface area (Å²) in [6, 6.07) is 10.9. The Morgan fingerprint density at radius 2 is 2.00 bits per heavy atom. The monoisotopic (exact) mass is 499 g/mol. The molecule has 0 aliphatic rings. The van der Waals surface area contributed by atoms with Gasteiger partial charge in [-0.3, -0.25) is 10.1 Å². The van der Waals surface area contributed by atoms with Crippen molar-refractivity contribution in [3.63, 3.8) is 0 Å². The van der Waals surface area contributed by atoms with Gasteiger partial charge in [0.1, 0.15) is 17.7 Å². The third kappa shape index (κ3) is 3.90. The predicted molar refractivity (Wildman–Crippen MR) is 140 cm³/mol. The van der Waals surface area contributed by atoms with Crippen LogP contribution in [0.4, 0.5) is 10.1 Å². The molecule has 8 nitrogen and oxygen atoms in total. The Labute approximate surface area is 209 Å². The molecule has 4 N–H and O–H groups in total. The Morgan fingerprint density at radius 3 is 2.81 bits per heavy atom. The van der Waals surface area contributed by atoms with Gasteiger partial charge in [0.05, 0.1) is 22.9 Å². The predicted octanol–water partition coefficient (Wildman–Crippen LogP) is 5.82. The average molecular weight is 500 g/mol. The van der Waals surface area contributed by atoms with E-state index in [-0.39, 0.29) is 5.92 Å². The summed E-state index contributed by atoms with van der Waals surface area (Å²) in [4.78, 5) is 17.8. The number of aromatic nitrogens is 6. The van der Waals surface area contributed by atoms with Gasteiger partial charge >= 0.3 is 0 Å². The zero-order valence-electron chi connectivity index (χ0n) is 19.5. The van der Waals surface area contributed by atoms with Crippen molar-refractivity contribution >= 4 is 39.1 Å². The zero-order valence-corrected chi connectivity index (χ0v) is 20.3. The van der Waals surface area contributed by atoms with Crippen LogP contribution < -0.4 is 5.32 Å². The fraction of sp³-hybridized carbons (Fsp3) is 0.154. The van der Waals surface area contributed by atoms with Crippen LogP contribution in [-0.4, -0.2) is 41.5 Å². The molecule has 0 saturated carbocycles. The molecule has 0 amide bonds. The molecule has 0 spiro atoms. The molecule has 36 heavy (non-hydrogen) atoms. The molecule has 6 aromatic rings. The number of nitrogens with zero attached hydrogens (tertiary/aromatic N) is 4. The van der Waals surface area contributed by atoms with Crippen LogP contribution in [-0.2, 0) is 0 Å². The van der Waals surface area contributed by atoms with Crippen LogP contribution in [0.3, 0.4) is 0 Å². The van der Waals surface area contributed by atoms with Crippen LogP contribution in [0.5, 0.6) is 0 Å². The minimum atomic E-state index is -0.740. The lowest BCUT2D eigenvalue weighted by Gasteiger charge is -2.17. The third-order valence-corrected chi connectivity index (χ3v) is 6.95. The van der Waals surface area contributed by atoms with Gasteiger partial charge in [0.2, 0.25) is 0 Å². The maximum atomic E-state index is 15.1. The SMILES string of the molecule is CC(C)C(O)Nc1cncc(-c2cc3c(-c4nc5nccc(-c6cccs6)c5[nH]4)n[nH]c3cc2F)c1.